The molecule has 1 heterocycles. The molecular weight excluding hydrogens is 324 g/mol. The van der Waals surface area contributed by atoms with E-state index in [1.165, 1.54) is 5.56 Å². The maximum atomic E-state index is 6.25. The SMILES string of the molecule is CCC(NC)c1ccn(Cc2ccc(Br)cc2Cl)c1. The van der Waals surface area contributed by atoms with Crippen LogP contribution < -0.4 is 5.32 Å². The third kappa shape index (κ3) is 3.62. The zero-order valence-corrected chi connectivity index (χ0v) is 13.5. The molecule has 1 atom stereocenters. The van der Waals surface area contributed by atoms with Crippen molar-refractivity contribution in [2.45, 2.75) is 25.9 Å². The summed E-state index contributed by atoms with van der Waals surface area (Å²) in [6, 6.07) is 8.60. The molecule has 2 nitrogen and oxygen atoms in total. The molecule has 1 aromatic heterocycles. The van der Waals surface area contributed by atoms with E-state index in [2.05, 4.69) is 57.3 Å². The Bertz CT molecular complexity index is 547. The number of hydrogen-bond donors (Lipinski definition) is 1. The fourth-order valence-electron chi connectivity index (χ4n) is 2.22. The fraction of sp³-hybridized carbons (Fsp3) is 0.333. The van der Waals surface area contributed by atoms with E-state index in [9.17, 15) is 0 Å². The van der Waals surface area contributed by atoms with Gasteiger partial charge in [-0.15, -0.1) is 0 Å². The van der Waals surface area contributed by atoms with Gasteiger partial charge in [-0.2, -0.15) is 0 Å². The third-order valence-corrected chi connectivity index (χ3v) is 4.15. The van der Waals surface area contributed by atoms with Gasteiger partial charge < -0.3 is 9.88 Å². The van der Waals surface area contributed by atoms with Crippen LogP contribution in [0.25, 0.3) is 0 Å². The van der Waals surface area contributed by atoms with Crippen LogP contribution in [0, 0.1) is 0 Å². The van der Waals surface area contributed by atoms with Crippen LogP contribution in [0.3, 0.4) is 0 Å². The first kappa shape index (κ1) is 14.6. The highest BCUT2D eigenvalue weighted by Crippen LogP contribution is 2.23. The van der Waals surface area contributed by atoms with Gasteiger partial charge in [0.25, 0.3) is 0 Å². The summed E-state index contributed by atoms with van der Waals surface area (Å²) in [7, 11) is 2.00. The molecule has 1 unspecified atom stereocenters. The van der Waals surface area contributed by atoms with Crippen LogP contribution in [0.1, 0.15) is 30.5 Å². The molecular formula is C15H18BrClN2. The van der Waals surface area contributed by atoms with E-state index in [1.807, 2.05) is 19.2 Å². The van der Waals surface area contributed by atoms with Crippen molar-refractivity contribution in [2.75, 3.05) is 7.05 Å². The predicted octanol–water partition coefficient (Wildman–Crippen LogP) is 4.62. The highest BCUT2D eigenvalue weighted by molar-refractivity contribution is 9.10. The average molecular weight is 342 g/mol. The van der Waals surface area contributed by atoms with Gasteiger partial charge >= 0.3 is 0 Å². The Kier molecular flexibility index (Phi) is 5.08. The quantitative estimate of drug-likeness (QED) is 0.839. The molecule has 0 aliphatic heterocycles. The number of nitrogens with zero attached hydrogens (tertiary/aromatic N) is 1. The number of halogens is 2. The van der Waals surface area contributed by atoms with Gasteiger partial charge in [0.2, 0.25) is 0 Å². The van der Waals surface area contributed by atoms with E-state index in [-0.39, 0.29) is 0 Å². The summed E-state index contributed by atoms with van der Waals surface area (Å²) >= 11 is 9.67. The van der Waals surface area contributed by atoms with E-state index >= 15 is 0 Å². The Morgan fingerprint density at radius 2 is 2.16 bits per heavy atom. The van der Waals surface area contributed by atoms with Crippen molar-refractivity contribution in [3.63, 3.8) is 0 Å². The van der Waals surface area contributed by atoms with Crippen LogP contribution in [-0.2, 0) is 6.54 Å². The lowest BCUT2D eigenvalue weighted by molar-refractivity contribution is 0.575. The maximum absolute atomic E-state index is 6.25. The Morgan fingerprint density at radius 3 is 2.79 bits per heavy atom. The van der Waals surface area contributed by atoms with Crippen LogP contribution >= 0.6 is 27.5 Å². The summed E-state index contributed by atoms with van der Waals surface area (Å²) in [6.07, 6.45) is 5.37. The maximum Gasteiger partial charge on any atom is 0.0485 e. The summed E-state index contributed by atoms with van der Waals surface area (Å²) in [6.45, 7) is 2.98. The molecule has 2 rings (SSSR count). The normalized spacial score (nSPS) is 12.6. The molecule has 1 aromatic carbocycles. The molecule has 102 valence electrons. The van der Waals surface area contributed by atoms with Gasteiger partial charge in [0.05, 0.1) is 0 Å². The molecule has 0 saturated carbocycles. The fourth-order valence-corrected chi connectivity index (χ4v) is 2.95. The summed E-state index contributed by atoms with van der Waals surface area (Å²) in [5, 5.41) is 4.12. The zero-order valence-electron chi connectivity index (χ0n) is 11.2. The minimum absolute atomic E-state index is 0.418. The Labute approximate surface area is 127 Å². The molecule has 0 aliphatic carbocycles. The lowest BCUT2D eigenvalue weighted by atomic mass is 10.1. The molecule has 0 amide bonds. The van der Waals surface area contributed by atoms with Crippen molar-refractivity contribution in [2.24, 2.45) is 0 Å². The van der Waals surface area contributed by atoms with Crippen LogP contribution in [0.4, 0.5) is 0 Å². The van der Waals surface area contributed by atoms with Crippen LogP contribution in [0.5, 0.6) is 0 Å². The molecule has 0 bridgehead atoms. The highest BCUT2D eigenvalue weighted by atomic mass is 79.9. The van der Waals surface area contributed by atoms with Crippen molar-refractivity contribution >= 4 is 27.5 Å². The highest BCUT2D eigenvalue weighted by Gasteiger charge is 2.08. The molecule has 0 aliphatic rings. The van der Waals surface area contributed by atoms with E-state index in [0.717, 1.165) is 28.0 Å². The second-order valence-corrected chi connectivity index (χ2v) is 5.93. The molecule has 1 N–H and O–H groups in total. The summed E-state index contributed by atoms with van der Waals surface area (Å²) in [5.41, 5.74) is 2.45. The predicted molar refractivity (Wildman–Crippen MR) is 84.8 cm³/mol. The zero-order chi connectivity index (χ0) is 13.8. The summed E-state index contributed by atoms with van der Waals surface area (Å²) in [4.78, 5) is 0. The number of hydrogen-bond acceptors (Lipinski definition) is 1. The standard InChI is InChI=1S/C15H18BrClN2/c1-3-15(18-2)12-6-7-19(10-12)9-11-4-5-13(16)8-14(11)17/h4-8,10,15,18H,3,9H2,1-2H3. The molecule has 0 spiro atoms. The van der Waals surface area contributed by atoms with Gasteiger partial charge in [-0.3, -0.25) is 0 Å². The molecule has 2 aromatic rings. The van der Waals surface area contributed by atoms with Crippen molar-refractivity contribution in [3.8, 4) is 0 Å². The lowest BCUT2D eigenvalue weighted by Crippen LogP contribution is -2.14. The van der Waals surface area contributed by atoms with E-state index in [4.69, 9.17) is 11.6 Å². The molecule has 0 saturated heterocycles. The minimum Gasteiger partial charge on any atom is -0.350 e. The minimum atomic E-state index is 0.418. The Balaban J connectivity index is 2.15. The smallest absolute Gasteiger partial charge is 0.0485 e. The number of benzene rings is 1. The molecule has 0 fully saturated rings. The van der Waals surface area contributed by atoms with Gasteiger partial charge in [0, 0.05) is 34.5 Å². The first-order valence-corrected chi connectivity index (χ1v) is 7.58. The number of rotatable bonds is 5. The summed E-state index contributed by atoms with van der Waals surface area (Å²) < 4.78 is 3.18. The van der Waals surface area contributed by atoms with Crippen LogP contribution in [0.2, 0.25) is 5.02 Å². The second-order valence-electron chi connectivity index (χ2n) is 4.60. The van der Waals surface area contributed by atoms with E-state index in [0.29, 0.717) is 6.04 Å². The van der Waals surface area contributed by atoms with E-state index in [1.54, 1.807) is 0 Å². The second kappa shape index (κ2) is 6.60. The topological polar surface area (TPSA) is 17.0 Å². The first-order chi connectivity index (χ1) is 9.13. The van der Waals surface area contributed by atoms with Crippen LogP contribution in [0.15, 0.2) is 41.1 Å². The monoisotopic (exact) mass is 340 g/mol. The van der Waals surface area contributed by atoms with Gasteiger partial charge in [0.15, 0.2) is 0 Å². The summed E-state index contributed by atoms with van der Waals surface area (Å²) in [5.74, 6) is 0. The van der Waals surface area contributed by atoms with Crippen molar-refractivity contribution in [3.05, 3.63) is 57.3 Å². The Morgan fingerprint density at radius 1 is 1.37 bits per heavy atom. The molecule has 4 heteroatoms. The molecule has 19 heavy (non-hydrogen) atoms. The number of nitrogens with one attached hydrogen (secondary N) is 1. The average Bonchev–Trinajstić information content (AvgIpc) is 2.83. The van der Waals surface area contributed by atoms with Gasteiger partial charge in [0.1, 0.15) is 0 Å². The van der Waals surface area contributed by atoms with Gasteiger partial charge in [-0.1, -0.05) is 40.5 Å². The molecule has 0 radical (unpaired) electrons. The van der Waals surface area contributed by atoms with Crippen LogP contribution in [-0.4, -0.2) is 11.6 Å². The first-order valence-electron chi connectivity index (χ1n) is 6.41. The van der Waals surface area contributed by atoms with E-state index < -0.39 is 0 Å². The largest absolute Gasteiger partial charge is 0.350 e. The van der Waals surface area contributed by atoms with Crippen molar-refractivity contribution < 1.29 is 0 Å². The number of aromatic nitrogens is 1. The Hall–Kier alpha value is -0.770. The van der Waals surface area contributed by atoms with Crippen molar-refractivity contribution in [1.82, 2.24) is 9.88 Å². The lowest BCUT2D eigenvalue weighted by Gasteiger charge is -2.11. The van der Waals surface area contributed by atoms with Gasteiger partial charge in [-0.25, -0.2) is 0 Å². The van der Waals surface area contributed by atoms with Crippen molar-refractivity contribution in [1.29, 1.82) is 0 Å². The van der Waals surface area contributed by atoms with Gasteiger partial charge in [-0.05, 0) is 42.8 Å². The third-order valence-electron chi connectivity index (χ3n) is 3.30.